The summed E-state index contributed by atoms with van der Waals surface area (Å²) in [6.45, 7) is 3.11. The fourth-order valence-corrected chi connectivity index (χ4v) is 4.10. The van der Waals surface area contributed by atoms with Crippen LogP contribution in [0.2, 0.25) is 0 Å². The average Bonchev–Trinajstić information content (AvgIpc) is 3.14. The number of likely N-dealkylation sites (tertiary alicyclic amines) is 1. The Morgan fingerprint density at radius 1 is 1.16 bits per heavy atom. The molecule has 1 unspecified atom stereocenters. The molecule has 1 saturated heterocycles. The van der Waals surface area contributed by atoms with Gasteiger partial charge in [-0.3, -0.25) is 4.98 Å². The standard InChI is InChI=1S/C19H22FN3O2/c20-19-18(2-1-6-21-19)25-17-8-13-11-23(12-14(13)9-17)7-5-15-3-4-16(24)10-22-15/h1-4,6,10,13-14,17,24H,5,7-9,11-12H2/t13-,14+,17?. The van der Waals surface area contributed by atoms with Crippen molar-refractivity contribution in [2.45, 2.75) is 25.4 Å². The Labute approximate surface area is 146 Å². The highest BCUT2D eigenvalue weighted by Gasteiger charge is 2.41. The number of hydrogen-bond acceptors (Lipinski definition) is 5. The number of aromatic nitrogens is 2. The summed E-state index contributed by atoms with van der Waals surface area (Å²) in [5.41, 5.74) is 1.00. The molecular formula is C19H22FN3O2. The van der Waals surface area contributed by atoms with Crippen molar-refractivity contribution in [3.05, 3.63) is 48.3 Å². The summed E-state index contributed by atoms with van der Waals surface area (Å²) < 4.78 is 19.4. The fraction of sp³-hybridized carbons (Fsp3) is 0.474. The van der Waals surface area contributed by atoms with Gasteiger partial charge >= 0.3 is 0 Å². The lowest BCUT2D eigenvalue weighted by Gasteiger charge is -2.19. The third-order valence-corrected chi connectivity index (χ3v) is 5.30. The average molecular weight is 343 g/mol. The largest absolute Gasteiger partial charge is 0.506 e. The summed E-state index contributed by atoms with van der Waals surface area (Å²) in [5, 5.41) is 9.28. The highest BCUT2D eigenvalue weighted by atomic mass is 19.1. The molecule has 2 fully saturated rings. The van der Waals surface area contributed by atoms with Crippen molar-refractivity contribution in [3.8, 4) is 11.5 Å². The molecule has 1 aliphatic heterocycles. The van der Waals surface area contributed by atoms with Crippen molar-refractivity contribution >= 4 is 0 Å². The van der Waals surface area contributed by atoms with Gasteiger partial charge in [0.15, 0.2) is 5.75 Å². The smallest absolute Gasteiger partial charge is 0.255 e. The Balaban J connectivity index is 1.26. The molecule has 2 aromatic heterocycles. The molecule has 5 nitrogen and oxygen atoms in total. The predicted octanol–water partition coefficient (Wildman–Crippen LogP) is 2.65. The zero-order chi connectivity index (χ0) is 17.2. The Kier molecular flexibility index (Phi) is 4.53. The predicted molar refractivity (Wildman–Crippen MR) is 90.9 cm³/mol. The summed E-state index contributed by atoms with van der Waals surface area (Å²) in [6, 6.07) is 6.90. The summed E-state index contributed by atoms with van der Waals surface area (Å²) in [5.74, 6) is 1.19. The molecular weight excluding hydrogens is 321 g/mol. The van der Waals surface area contributed by atoms with E-state index in [2.05, 4.69) is 14.9 Å². The maximum Gasteiger partial charge on any atom is 0.255 e. The molecule has 3 atom stereocenters. The van der Waals surface area contributed by atoms with E-state index in [0.29, 0.717) is 11.8 Å². The van der Waals surface area contributed by atoms with Crippen LogP contribution in [0.1, 0.15) is 18.5 Å². The zero-order valence-corrected chi connectivity index (χ0v) is 14.0. The van der Waals surface area contributed by atoms with E-state index >= 15 is 0 Å². The highest BCUT2D eigenvalue weighted by Crippen LogP contribution is 2.39. The molecule has 0 aromatic carbocycles. The van der Waals surface area contributed by atoms with Gasteiger partial charge in [-0.25, -0.2) is 4.98 Å². The lowest BCUT2D eigenvalue weighted by Crippen LogP contribution is -2.26. The van der Waals surface area contributed by atoms with Gasteiger partial charge in [-0.1, -0.05) is 0 Å². The Morgan fingerprint density at radius 3 is 2.64 bits per heavy atom. The quantitative estimate of drug-likeness (QED) is 0.846. The highest BCUT2D eigenvalue weighted by molar-refractivity contribution is 5.19. The van der Waals surface area contributed by atoms with Crippen LogP contribution in [0.25, 0.3) is 0 Å². The molecule has 0 amide bonds. The SMILES string of the molecule is Oc1ccc(CCN2C[C@H]3CC(Oc4cccnc4F)C[C@H]3C2)nc1. The summed E-state index contributed by atoms with van der Waals surface area (Å²) in [4.78, 5) is 10.4. The summed E-state index contributed by atoms with van der Waals surface area (Å²) in [7, 11) is 0. The Hall–Kier alpha value is -2.21. The fourth-order valence-electron chi connectivity index (χ4n) is 4.10. The maximum absolute atomic E-state index is 13.6. The topological polar surface area (TPSA) is 58.5 Å². The van der Waals surface area contributed by atoms with Gasteiger partial charge in [-0.15, -0.1) is 0 Å². The second-order valence-electron chi connectivity index (χ2n) is 7.04. The van der Waals surface area contributed by atoms with E-state index in [-0.39, 0.29) is 17.6 Å². The first-order valence-corrected chi connectivity index (χ1v) is 8.81. The zero-order valence-electron chi connectivity index (χ0n) is 14.0. The van der Waals surface area contributed by atoms with Crippen molar-refractivity contribution < 1.29 is 14.2 Å². The Morgan fingerprint density at radius 2 is 1.96 bits per heavy atom. The van der Waals surface area contributed by atoms with Crippen LogP contribution in [0.3, 0.4) is 0 Å². The molecule has 0 bridgehead atoms. The molecule has 132 valence electrons. The van der Waals surface area contributed by atoms with Crippen LogP contribution < -0.4 is 4.74 Å². The first-order chi connectivity index (χ1) is 12.2. The van der Waals surface area contributed by atoms with Crippen molar-refractivity contribution in [1.29, 1.82) is 0 Å². The number of fused-ring (bicyclic) bond motifs is 1. The summed E-state index contributed by atoms with van der Waals surface area (Å²) in [6.07, 6.45) is 5.87. The van der Waals surface area contributed by atoms with E-state index in [1.54, 1.807) is 18.2 Å². The lowest BCUT2D eigenvalue weighted by atomic mass is 10.0. The maximum atomic E-state index is 13.6. The number of halogens is 1. The van der Waals surface area contributed by atoms with Crippen LogP contribution in [0.5, 0.6) is 11.5 Å². The van der Waals surface area contributed by atoms with E-state index < -0.39 is 5.95 Å². The molecule has 0 spiro atoms. The molecule has 1 N–H and O–H groups in total. The second kappa shape index (κ2) is 6.96. The number of rotatable bonds is 5. The van der Waals surface area contributed by atoms with Gasteiger partial charge in [0.1, 0.15) is 5.75 Å². The van der Waals surface area contributed by atoms with Gasteiger partial charge in [0, 0.05) is 37.9 Å². The van der Waals surface area contributed by atoms with Crippen LogP contribution in [0.15, 0.2) is 36.7 Å². The third-order valence-electron chi connectivity index (χ3n) is 5.30. The normalized spacial score (nSPS) is 25.9. The van der Waals surface area contributed by atoms with Crippen LogP contribution in [-0.2, 0) is 6.42 Å². The molecule has 1 aliphatic carbocycles. The Bertz CT molecular complexity index is 711. The van der Waals surface area contributed by atoms with Gasteiger partial charge in [0.25, 0.3) is 5.95 Å². The van der Waals surface area contributed by atoms with Gasteiger partial charge in [0.2, 0.25) is 0 Å². The van der Waals surface area contributed by atoms with Crippen LogP contribution in [-0.4, -0.2) is 45.7 Å². The van der Waals surface area contributed by atoms with Crippen molar-refractivity contribution in [2.24, 2.45) is 11.8 Å². The molecule has 0 radical (unpaired) electrons. The first kappa shape index (κ1) is 16.3. The lowest BCUT2D eigenvalue weighted by molar-refractivity contribution is 0.177. The number of aromatic hydroxyl groups is 1. The van der Waals surface area contributed by atoms with E-state index in [9.17, 15) is 9.50 Å². The van der Waals surface area contributed by atoms with Gasteiger partial charge in [-0.2, -0.15) is 4.39 Å². The number of hydrogen-bond donors (Lipinski definition) is 1. The number of nitrogens with zero attached hydrogens (tertiary/aromatic N) is 3. The molecule has 6 heteroatoms. The number of pyridine rings is 2. The molecule has 2 aromatic rings. The molecule has 1 saturated carbocycles. The molecule has 3 heterocycles. The van der Waals surface area contributed by atoms with Crippen LogP contribution >= 0.6 is 0 Å². The molecule has 4 rings (SSSR count). The number of ether oxygens (including phenoxy) is 1. The monoisotopic (exact) mass is 343 g/mol. The van der Waals surface area contributed by atoms with Crippen molar-refractivity contribution in [3.63, 3.8) is 0 Å². The van der Waals surface area contributed by atoms with Crippen LogP contribution in [0.4, 0.5) is 4.39 Å². The van der Waals surface area contributed by atoms with E-state index in [4.69, 9.17) is 4.74 Å². The molecule has 2 aliphatic rings. The van der Waals surface area contributed by atoms with E-state index in [1.807, 2.05) is 6.07 Å². The van der Waals surface area contributed by atoms with Crippen molar-refractivity contribution in [2.75, 3.05) is 19.6 Å². The third kappa shape index (κ3) is 3.74. The van der Waals surface area contributed by atoms with E-state index in [1.165, 1.54) is 12.4 Å². The minimum absolute atomic E-state index is 0.0922. The second-order valence-corrected chi connectivity index (χ2v) is 7.04. The molecule has 25 heavy (non-hydrogen) atoms. The first-order valence-electron chi connectivity index (χ1n) is 8.81. The van der Waals surface area contributed by atoms with Crippen molar-refractivity contribution in [1.82, 2.24) is 14.9 Å². The van der Waals surface area contributed by atoms with Gasteiger partial charge in [0.05, 0.1) is 12.3 Å². The van der Waals surface area contributed by atoms with Gasteiger partial charge < -0.3 is 14.7 Å². The summed E-state index contributed by atoms with van der Waals surface area (Å²) >= 11 is 0. The van der Waals surface area contributed by atoms with Gasteiger partial charge in [-0.05, 0) is 48.9 Å². The minimum Gasteiger partial charge on any atom is -0.506 e. The minimum atomic E-state index is -0.525. The van der Waals surface area contributed by atoms with E-state index in [0.717, 1.165) is 44.6 Å². The van der Waals surface area contributed by atoms with Crippen LogP contribution in [0, 0.1) is 17.8 Å².